The number of halogens is 3. The maximum Gasteiger partial charge on any atom is 0.414 e. The predicted molar refractivity (Wildman–Crippen MR) is 69.1 cm³/mol. The lowest BCUT2D eigenvalue weighted by Crippen LogP contribution is -2.32. The van der Waals surface area contributed by atoms with Crippen molar-refractivity contribution in [3.05, 3.63) is 35.4 Å². The van der Waals surface area contributed by atoms with Crippen LogP contribution in [0, 0.1) is 0 Å². The average Bonchev–Trinajstić information content (AvgIpc) is 2.38. The summed E-state index contributed by atoms with van der Waals surface area (Å²) in [7, 11) is 1.71. The van der Waals surface area contributed by atoms with Crippen LogP contribution in [0.15, 0.2) is 24.3 Å². The lowest BCUT2D eigenvalue weighted by molar-refractivity contribution is -0.215. The molecule has 0 spiro atoms. The van der Waals surface area contributed by atoms with Gasteiger partial charge in [-0.05, 0) is 31.5 Å². The molecule has 0 bridgehead atoms. The Labute approximate surface area is 112 Å². The summed E-state index contributed by atoms with van der Waals surface area (Å²) in [6.07, 6.45) is -5.13. The molecule has 0 aromatic heterocycles. The van der Waals surface area contributed by atoms with Crippen LogP contribution >= 0.6 is 0 Å². The minimum absolute atomic E-state index is 0.0113. The van der Waals surface area contributed by atoms with Crippen LogP contribution in [0.4, 0.5) is 13.2 Å². The van der Waals surface area contributed by atoms with Crippen LogP contribution in [-0.4, -0.2) is 25.9 Å². The highest BCUT2D eigenvalue weighted by molar-refractivity contribution is 5.25. The van der Waals surface area contributed by atoms with Crippen molar-refractivity contribution in [2.24, 2.45) is 0 Å². The number of alkyl halides is 3. The number of nitrogens with one attached hydrogen (secondary N) is 1. The third-order valence-corrected chi connectivity index (χ3v) is 3.11. The summed E-state index contributed by atoms with van der Waals surface area (Å²) in [6, 6.07) is 7.55. The van der Waals surface area contributed by atoms with Gasteiger partial charge in [0.2, 0.25) is 0 Å². The Bertz CT molecular complexity index is 375. The summed E-state index contributed by atoms with van der Waals surface area (Å²) >= 11 is 0. The number of ether oxygens (including phenoxy) is 1. The predicted octanol–water partition coefficient (Wildman–Crippen LogP) is 3.48. The molecule has 2 nitrogen and oxygen atoms in total. The zero-order valence-corrected chi connectivity index (χ0v) is 11.4. The normalized spacial score (nSPS) is 15.3. The Morgan fingerprint density at radius 2 is 1.79 bits per heavy atom. The summed E-state index contributed by atoms with van der Waals surface area (Å²) < 4.78 is 42.0. The lowest BCUT2D eigenvalue weighted by atomic mass is 10.0. The molecule has 2 unspecified atom stereocenters. The molecule has 0 aliphatic carbocycles. The van der Waals surface area contributed by atoms with Crippen LogP contribution in [0.3, 0.4) is 0 Å². The highest BCUT2D eigenvalue weighted by atomic mass is 19.4. The average molecular weight is 275 g/mol. The second-order valence-electron chi connectivity index (χ2n) is 4.45. The van der Waals surface area contributed by atoms with E-state index in [0.717, 1.165) is 18.9 Å². The molecule has 0 amide bonds. The Balaban J connectivity index is 2.62. The molecule has 1 N–H and O–H groups in total. The SMILES string of the molecule is CCc1ccc(C(COC(C)C(F)(F)F)NC)cc1. The fourth-order valence-corrected chi connectivity index (χ4v) is 1.67. The Hall–Kier alpha value is -1.07. The molecule has 2 atom stereocenters. The first kappa shape index (κ1) is 16.0. The summed E-state index contributed by atoms with van der Waals surface area (Å²) in [5, 5.41) is 2.97. The summed E-state index contributed by atoms with van der Waals surface area (Å²) in [4.78, 5) is 0. The lowest BCUT2D eigenvalue weighted by Gasteiger charge is -2.21. The first-order valence-corrected chi connectivity index (χ1v) is 6.32. The highest BCUT2D eigenvalue weighted by Crippen LogP contribution is 2.24. The fraction of sp³-hybridized carbons (Fsp3) is 0.571. The van der Waals surface area contributed by atoms with Crippen molar-refractivity contribution in [1.29, 1.82) is 0 Å². The van der Waals surface area contributed by atoms with Gasteiger partial charge in [0, 0.05) is 0 Å². The molecule has 1 rings (SSSR count). The van der Waals surface area contributed by atoms with Crippen LogP contribution in [0.1, 0.15) is 31.0 Å². The van der Waals surface area contributed by atoms with E-state index in [4.69, 9.17) is 4.74 Å². The van der Waals surface area contributed by atoms with Gasteiger partial charge >= 0.3 is 6.18 Å². The summed E-state index contributed by atoms with van der Waals surface area (Å²) in [5.41, 5.74) is 2.12. The van der Waals surface area contributed by atoms with Gasteiger partial charge in [-0.3, -0.25) is 0 Å². The molecule has 108 valence electrons. The van der Waals surface area contributed by atoms with Gasteiger partial charge < -0.3 is 10.1 Å². The highest BCUT2D eigenvalue weighted by Gasteiger charge is 2.37. The van der Waals surface area contributed by atoms with Gasteiger partial charge in [-0.25, -0.2) is 0 Å². The van der Waals surface area contributed by atoms with E-state index >= 15 is 0 Å². The van der Waals surface area contributed by atoms with E-state index in [9.17, 15) is 13.2 Å². The number of hydrogen-bond donors (Lipinski definition) is 1. The first-order chi connectivity index (χ1) is 8.88. The largest absolute Gasteiger partial charge is 0.414 e. The van der Waals surface area contributed by atoms with Gasteiger partial charge in [0.15, 0.2) is 6.10 Å². The van der Waals surface area contributed by atoms with E-state index < -0.39 is 12.3 Å². The van der Waals surface area contributed by atoms with E-state index in [1.807, 2.05) is 24.3 Å². The third-order valence-electron chi connectivity index (χ3n) is 3.11. The van der Waals surface area contributed by atoms with E-state index in [0.29, 0.717) is 0 Å². The van der Waals surface area contributed by atoms with Crippen LogP contribution in [0.5, 0.6) is 0 Å². The van der Waals surface area contributed by atoms with E-state index in [1.54, 1.807) is 7.05 Å². The first-order valence-electron chi connectivity index (χ1n) is 6.32. The summed E-state index contributed by atoms with van der Waals surface area (Å²) in [5.74, 6) is 0. The molecule has 0 aliphatic heterocycles. The number of hydrogen-bond acceptors (Lipinski definition) is 2. The molecule has 0 aliphatic rings. The van der Waals surface area contributed by atoms with Crippen molar-refractivity contribution in [1.82, 2.24) is 5.32 Å². The van der Waals surface area contributed by atoms with Crippen molar-refractivity contribution >= 4 is 0 Å². The monoisotopic (exact) mass is 275 g/mol. The van der Waals surface area contributed by atoms with Gasteiger partial charge in [0.25, 0.3) is 0 Å². The van der Waals surface area contributed by atoms with E-state index in [1.165, 1.54) is 5.56 Å². The Kier molecular flexibility index (Phi) is 5.82. The molecule has 0 heterocycles. The minimum Gasteiger partial charge on any atom is -0.367 e. The van der Waals surface area contributed by atoms with Gasteiger partial charge in [0.1, 0.15) is 0 Å². The van der Waals surface area contributed by atoms with Gasteiger partial charge in [-0.2, -0.15) is 13.2 Å². The quantitative estimate of drug-likeness (QED) is 0.858. The van der Waals surface area contributed by atoms with Gasteiger partial charge in [-0.15, -0.1) is 0 Å². The second kappa shape index (κ2) is 6.91. The van der Waals surface area contributed by atoms with Crippen LogP contribution in [-0.2, 0) is 11.2 Å². The molecule has 0 saturated heterocycles. The topological polar surface area (TPSA) is 21.3 Å². The van der Waals surface area contributed by atoms with Crippen molar-refractivity contribution in [3.8, 4) is 0 Å². The van der Waals surface area contributed by atoms with E-state index in [-0.39, 0.29) is 12.6 Å². The van der Waals surface area contributed by atoms with Gasteiger partial charge in [0.05, 0.1) is 12.6 Å². The second-order valence-corrected chi connectivity index (χ2v) is 4.45. The Morgan fingerprint density at radius 1 is 1.21 bits per heavy atom. The standard InChI is InChI=1S/C14H20F3NO/c1-4-11-5-7-12(8-6-11)13(18-3)9-19-10(2)14(15,16)17/h5-8,10,13,18H,4,9H2,1-3H3. The molecule has 1 aromatic rings. The van der Waals surface area contributed by atoms with E-state index in [2.05, 4.69) is 12.2 Å². The molecule has 0 fully saturated rings. The number of likely N-dealkylation sites (N-methyl/N-ethyl adjacent to an activating group) is 1. The number of benzene rings is 1. The van der Waals surface area contributed by atoms with Crippen molar-refractivity contribution in [2.45, 2.75) is 38.6 Å². The number of aryl methyl sites for hydroxylation is 1. The van der Waals surface area contributed by atoms with Gasteiger partial charge in [-0.1, -0.05) is 31.2 Å². The maximum atomic E-state index is 12.4. The smallest absolute Gasteiger partial charge is 0.367 e. The molecule has 5 heteroatoms. The van der Waals surface area contributed by atoms with Crippen molar-refractivity contribution in [2.75, 3.05) is 13.7 Å². The maximum absolute atomic E-state index is 12.4. The zero-order valence-electron chi connectivity index (χ0n) is 11.4. The zero-order chi connectivity index (χ0) is 14.5. The number of rotatable bonds is 6. The molecule has 0 saturated carbocycles. The Morgan fingerprint density at radius 3 is 2.21 bits per heavy atom. The molecule has 0 radical (unpaired) electrons. The summed E-state index contributed by atoms with van der Waals surface area (Å²) in [6.45, 7) is 3.06. The van der Waals surface area contributed by atoms with Crippen molar-refractivity contribution in [3.63, 3.8) is 0 Å². The molecule has 1 aromatic carbocycles. The van der Waals surface area contributed by atoms with Crippen LogP contribution in [0.25, 0.3) is 0 Å². The van der Waals surface area contributed by atoms with Crippen molar-refractivity contribution < 1.29 is 17.9 Å². The molecule has 19 heavy (non-hydrogen) atoms. The minimum atomic E-state index is -4.32. The molecular formula is C14H20F3NO. The fourth-order valence-electron chi connectivity index (χ4n) is 1.67. The van der Waals surface area contributed by atoms with Crippen LogP contribution in [0.2, 0.25) is 0 Å². The molecular weight excluding hydrogens is 255 g/mol. The van der Waals surface area contributed by atoms with Crippen LogP contribution < -0.4 is 5.32 Å². The third kappa shape index (κ3) is 4.84.